The van der Waals surface area contributed by atoms with Crippen molar-refractivity contribution in [3.05, 3.63) is 12.2 Å². The highest BCUT2D eigenvalue weighted by Gasteiger charge is 2.26. The second kappa shape index (κ2) is 43.3. The Morgan fingerprint density at radius 2 is 0.875 bits per heavy atom. The molecule has 0 saturated carbocycles. The van der Waals surface area contributed by atoms with E-state index in [1.807, 2.05) is 0 Å². The molecule has 1 unspecified atom stereocenters. The first-order chi connectivity index (χ1) is 27.3. The number of nitrogens with two attached hydrogens (primary N) is 1. The number of carbonyl (C=O) groups excluding carboxylic acids is 2. The minimum absolute atomic E-state index is 0.0550. The van der Waals surface area contributed by atoms with Crippen molar-refractivity contribution in [3.8, 4) is 0 Å². The second-order valence-electron chi connectivity index (χ2n) is 16.0. The molecule has 0 aromatic rings. The quantitative estimate of drug-likeness (QED) is 0.0266. The molecule has 0 saturated heterocycles. The molecular weight excluding hydrogens is 725 g/mol. The summed E-state index contributed by atoms with van der Waals surface area (Å²) in [4.78, 5) is 34.9. The van der Waals surface area contributed by atoms with E-state index in [2.05, 4.69) is 26.0 Å². The van der Waals surface area contributed by atoms with Crippen molar-refractivity contribution in [2.24, 2.45) is 5.73 Å². The highest BCUT2D eigenvalue weighted by atomic mass is 31.2. The molecule has 0 aromatic heterocycles. The topological polar surface area (TPSA) is 134 Å². The van der Waals surface area contributed by atoms with E-state index in [9.17, 15) is 19.0 Å². The lowest BCUT2D eigenvalue weighted by Gasteiger charge is -2.19. The van der Waals surface area contributed by atoms with Crippen LogP contribution in [0.1, 0.15) is 239 Å². The van der Waals surface area contributed by atoms with E-state index in [-0.39, 0.29) is 38.6 Å². The summed E-state index contributed by atoms with van der Waals surface area (Å²) in [6, 6.07) is 0. The molecule has 0 bridgehead atoms. The van der Waals surface area contributed by atoms with Gasteiger partial charge in [0.05, 0.1) is 13.2 Å². The van der Waals surface area contributed by atoms with Gasteiger partial charge in [-0.15, -0.1) is 0 Å². The minimum Gasteiger partial charge on any atom is -0.462 e. The SMILES string of the molecule is CCCCCCCCC/C=C\CCCCCCCC(=O)O[C@H](COC(=O)CCCCCCCCCCCCCCCCCCCCC)COP(=O)(O)OCCN. The van der Waals surface area contributed by atoms with Gasteiger partial charge < -0.3 is 20.1 Å². The largest absolute Gasteiger partial charge is 0.472 e. The second-order valence-corrected chi connectivity index (χ2v) is 17.4. The molecule has 0 fully saturated rings. The van der Waals surface area contributed by atoms with Gasteiger partial charge in [0.1, 0.15) is 6.61 Å². The predicted molar refractivity (Wildman–Crippen MR) is 234 cm³/mol. The Morgan fingerprint density at radius 3 is 1.27 bits per heavy atom. The van der Waals surface area contributed by atoms with Crippen LogP contribution in [0, 0.1) is 0 Å². The summed E-state index contributed by atoms with van der Waals surface area (Å²) in [5, 5.41) is 0. The molecule has 56 heavy (non-hydrogen) atoms. The fraction of sp³-hybridized carbons (Fsp3) is 0.913. The molecule has 0 aromatic carbocycles. The monoisotopic (exact) mass is 816 g/mol. The summed E-state index contributed by atoms with van der Waals surface area (Å²) >= 11 is 0. The fourth-order valence-electron chi connectivity index (χ4n) is 6.87. The summed E-state index contributed by atoms with van der Waals surface area (Å²) < 4.78 is 32.8. The number of hydrogen-bond donors (Lipinski definition) is 2. The first-order valence-electron chi connectivity index (χ1n) is 23.7. The molecule has 10 heteroatoms. The maximum atomic E-state index is 12.6. The minimum atomic E-state index is -4.38. The first-order valence-corrected chi connectivity index (χ1v) is 25.2. The third-order valence-corrected chi connectivity index (χ3v) is 11.4. The predicted octanol–water partition coefficient (Wildman–Crippen LogP) is 13.8. The van der Waals surface area contributed by atoms with Crippen LogP contribution in [0.5, 0.6) is 0 Å². The van der Waals surface area contributed by atoms with E-state index in [0.29, 0.717) is 6.42 Å². The zero-order chi connectivity index (χ0) is 41.1. The van der Waals surface area contributed by atoms with Gasteiger partial charge in [0.15, 0.2) is 6.10 Å². The van der Waals surface area contributed by atoms with Crippen molar-refractivity contribution in [2.75, 3.05) is 26.4 Å². The van der Waals surface area contributed by atoms with Crippen LogP contribution in [0.2, 0.25) is 0 Å². The molecule has 3 N–H and O–H groups in total. The summed E-state index contributed by atoms with van der Waals surface area (Å²) in [7, 11) is -4.38. The van der Waals surface area contributed by atoms with E-state index < -0.39 is 26.5 Å². The van der Waals surface area contributed by atoms with Crippen molar-refractivity contribution in [1.82, 2.24) is 0 Å². The lowest BCUT2D eigenvalue weighted by molar-refractivity contribution is -0.161. The molecule has 0 aliphatic rings. The lowest BCUT2D eigenvalue weighted by Crippen LogP contribution is -2.29. The van der Waals surface area contributed by atoms with Crippen molar-refractivity contribution >= 4 is 19.8 Å². The van der Waals surface area contributed by atoms with Gasteiger partial charge in [-0.05, 0) is 38.5 Å². The van der Waals surface area contributed by atoms with E-state index in [4.69, 9.17) is 24.3 Å². The van der Waals surface area contributed by atoms with Gasteiger partial charge >= 0.3 is 19.8 Å². The number of rotatable bonds is 45. The van der Waals surface area contributed by atoms with E-state index in [1.165, 1.54) is 154 Å². The fourth-order valence-corrected chi connectivity index (χ4v) is 7.63. The van der Waals surface area contributed by atoms with E-state index in [0.717, 1.165) is 51.4 Å². The first kappa shape index (κ1) is 54.8. The highest BCUT2D eigenvalue weighted by molar-refractivity contribution is 7.47. The van der Waals surface area contributed by atoms with Gasteiger partial charge in [-0.25, -0.2) is 4.57 Å². The molecular formula is C46H90NO8P. The summed E-state index contributed by atoms with van der Waals surface area (Å²) in [5.74, 6) is -0.824. The smallest absolute Gasteiger partial charge is 0.462 e. The molecule has 0 aliphatic carbocycles. The molecule has 0 heterocycles. The maximum Gasteiger partial charge on any atom is 0.472 e. The number of phosphoric acid groups is 1. The average Bonchev–Trinajstić information content (AvgIpc) is 3.18. The van der Waals surface area contributed by atoms with Crippen molar-refractivity contribution in [2.45, 2.75) is 245 Å². The maximum absolute atomic E-state index is 12.6. The number of hydrogen-bond acceptors (Lipinski definition) is 8. The zero-order valence-electron chi connectivity index (χ0n) is 36.6. The number of unbranched alkanes of at least 4 members (excludes halogenated alkanes) is 30. The van der Waals surface area contributed by atoms with Crippen LogP contribution in [0.15, 0.2) is 12.2 Å². The van der Waals surface area contributed by atoms with Crippen LogP contribution in [-0.2, 0) is 32.7 Å². The number of allylic oxidation sites excluding steroid dienone is 2. The van der Waals surface area contributed by atoms with Crippen LogP contribution < -0.4 is 5.73 Å². The molecule has 0 spiro atoms. The van der Waals surface area contributed by atoms with Gasteiger partial charge in [-0.3, -0.25) is 18.6 Å². The standard InChI is InChI=1S/C46H90NO8P/c1-3-5-7-9-11-13-15-17-19-21-22-23-25-26-28-30-32-34-36-38-45(48)52-42-44(43-54-56(50,51)53-41-40-47)55-46(49)39-37-35-33-31-29-27-24-20-18-16-14-12-10-8-6-4-2/h20,24,44H,3-19,21-23,25-43,47H2,1-2H3,(H,50,51)/b24-20-/t44-/m1/s1. The third kappa shape index (κ3) is 42.4. The summed E-state index contributed by atoms with van der Waals surface area (Å²) in [6.45, 7) is 3.76. The van der Waals surface area contributed by atoms with Gasteiger partial charge in [0, 0.05) is 19.4 Å². The van der Waals surface area contributed by atoms with Crippen molar-refractivity contribution < 1.29 is 37.6 Å². The van der Waals surface area contributed by atoms with Crippen LogP contribution >= 0.6 is 7.82 Å². The molecule has 0 aliphatic heterocycles. The molecule has 332 valence electrons. The molecule has 0 rings (SSSR count). The normalized spacial score (nSPS) is 13.3. The van der Waals surface area contributed by atoms with Crippen LogP contribution in [-0.4, -0.2) is 49.3 Å². The number of esters is 2. The number of carbonyl (C=O) groups is 2. The van der Waals surface area contributed by atoms with Crippen LogP contribution in [0.3, 0.4) is 0 Å². The Morgan fingerprint density at radius 1 is 0.518 bits per heavy atom. The Labute approximate surface area is 345 Å². The summed E-state index contributed by atoms with van der Waals surface area (Å²) in [5.41, 5.74) is 5.36. The molecule has 0 amide bonds. The number of ether oxygens (including phenoxy) is 2. The zero-order valence-corrected chi connectivity index (χ0v) is 37.5. The Balaban J connectivity index is 4.06. The van der Waals surface area contributed by atoms with Crippen molar-refractivity contribution in [3.63, 3.8) is 0 Å². The van der Waals surface area contributed by atoms with Crippen LogP contribution in [0.25, 0.3) is 0 Å². The molecule has 9 nitrogen and oxygen atoms in total. The van der Waals surface area contributed by atoms with Gasteiger partial charge in [-0.2, -0.15) is 0 Å². The Hall–Kier alpha value is -1.25. The number of phosphoric ester groups is 1. The molecule has 2 atom stereocenters. The third-order valence-electron chi connectivity index (χ3n) is 10.4. The lowest BCUT2D eigenvalue weighted by atomic mass is 10.0. The Bertz CT molecular complexity index is 933. The highest BCUT2D eigenvalue weighted by Crippen LogP contribution is 2.43. The Kier molecular flexibility index (Phi) is 42.4. The van der Waals surface area contributed by atoms with Gasteiger partial charge in [-0.1, -0.05) is 199 Å². The van der Waals surface area contributed by atoms with Gasteiger partial charge in [0.2, 0.25) is 0 Å². The van der Waals surface area contributed by atoms with Crippen LogP contribution in [0.4, 0.5) is 0 Å². The van der Waals surface area contributed by atoms with E-state index in [1.54, 1.807) is 0 Å². The molecule has 0 radical (unpaired) electrons. The van der Waals surface area contributed by atoms with Gasteiger partial charge in [0.25, 0.3) is 0 Å². The van der Waals surface area contributed by atoms with Crippen molar-refractivity contribution in [1.29, 1.82) is 0 Å². The van der Waals surface area contributed by atoms with E-state index >= 15 is 0 Å². The average molecular weight is 816 g/mol. The summed E-state index contributed by atoms with van der Waals surface area (Å²) in [6.07, 6.45) is 45.3.